The summed E-state index contributed by atoms with van der Waals surface area (Å²) in [5.41, 5.74) is 0. The Hall–Kier alpha value is -1.10. The topological polar surface area (TPSA) is 69.6 Å². The summed E-state index contributed by atoms with van der Waals surface area (Å²) in [6.45, 7) is 6.05. The molecule has 18 heavy (non-hydrogen) atoms. The highest BCUT2D eigenvalue weighted by atomic mass is 16.4. The van der Waals surface area contributed by atoms with E-state index in [1.165, 1.54) is 0 Å². The van der Waals surface area contributed by atoms with Crippen molar-refractivity contribution < 1.29 is 14.7 Å². The van der Waals surface area contributed by atoms with Crippen LogP contribution in [0.5, 0.6) is 0 Å². The first-order valence-electron chi connectivity index (χ1n) is 6.43. The second-order valence-corrected chi connectivity index (χ2v) is 5.41. The predicted molar refractivity (Wildman–Crippen MR) is 71.4 cm³/mol. The molecule has 5 heteroatoms. The van der Waals surface area contributed by atoms with Crippen molar-refractivity contribution in [2.24, 2.45) is 5.92 Å². The van der Waals surface area contributed by atoms with Crippen LogP contribution in [0.1, 0.15) is 40.0 Å². The maximum atomic E-state index is 12.0. The van der Waals surface area contributed by atoms with Crippen LogP contribution in [0.4, 0.5) is 0 Å². The van der Waals surface area contributed by atoms with Crippen molar-refractivity contribution in [1.82, 2.24) is 10.2 Å². The number of likely N-dealkylation sites (N-methyl/N-ethyl adjacent to an activating group) is 1. The molecule has 106 valence electrons. The molecule has 2 atom stereocenters. The quantitative estimate of drug-likeness (QED) is 0.689. The summed E-state index contributed by atoms with van der Waals surface area (Å²) in [6.07, 6.45) is 1.41. The molecule has 2 unspecified atom stereocenters. The summed E-state index contributed by atoms with van der Waals surface area (Å²) in [6, 6.07) is -0.211. The molecular weight excluding hydrogens is 232 g/mol. The van der Waals surface area contributed by atoms with Crippen molar-refractivity contribution in [3.8, 4) is 0 Å². The molecule has 1 amide bonds. The van der Waals surface area contributed by atoms with Gasteiger partial charge in [0.2, 0.25) is 5.91 Å². The van der Waals surface area contributed by atoms with Crippen molar-refractivity contribution >= 4 is 11.9 Å². The summed E-state index contributed by atoms with van der Waals surface area (Å²) in [5.74, 6) is -0.341. The number of rotatable bonds is 8. The Balaban J connectivity index is 4.39. The van der Waals surface area contributed by atoms with E-state index < -0.39 is 5.97 Å². The molecule has 0 bridgehead atoms. The summed E-state index contributed by atoms with van der Waals surface area (Å²) in [5, 5.41) is 11.9. The van der Waals surface area contributed by atoms with Crippen LogP contribution in [0, 0.1) is 5.92 Å². The molecule has 2 N–H and O–H groups in total. The van der Waals surface area contributed by atoms with Gasteiger partial charge in [0.1, 0.15) is 0 Å². The second kappa shape index (κ2) is 8.08. The number of carboxylic acids is 1. The van der Waals surface area contributed by atoms with Gasteiger partial charge in [0.05, 0.1) is 6.04 Å². The number of nitrogens with one attached hydrogen (secondary N) is 1. The van der Waals surface area contributed by atoms with Crippen LogP contribution < -0.4 is 5.32 Å². The van der Waals surface area contributed by atoms with Crippen LogP contribution in [0.15, 0.2) is 0 Å². The van der Waals surface area contributed by atoms with Gasteiger partial charge in [0.15, 0.2) is 0 Å². The van der Waals surface area contributed by atoms with Gasteiger partial charge in [0, 0.05) is 26.6 Å². The van der Waals surface area contributed by atoms with Crippen LogP contribution in [0.25, 0.3) is 0 Å². The number of nitrogens with zero attached hydrogens (tertiary/aromatic N) is 1. The number of carboxylic acid groups (broad SMARTS) is 1. The lowest BCUT2D eigenvalue weighted by molar-refractivity contribution is -0.137. The van der Waals surface area contributed by atoms with Crippen LogP contribution in [-0.4, -0.2) is 48.1 Å². The summed E-state index contributed by atoms with van der Waals surface area (Å²) in [7, 11) is 3.47. The van der Waals surface area contributed by atoms with Crippen molar-refractivity contribution in [3.05, 3.63) is 0 Å². The van der Waals surface area contributed by atoms with Gasteiger partial charge in [0.25, 0.3) is 0 Å². The first kappa shape index (κ1) is 16.9. The highest BCUT2D eigenvalue weighted by Crippen LogP contribution is 2.09. The summed E-state index contributed by atoms with van der Waals surface area (Å²) >= 11 is 0. The Morgan fingerprint density at radius 2 is 1.78 bits per heavy atom. The number of carbonyl (C=O) groups is 2. The molecule has 0 saturated carbocycles. The maximum Gasteiger partial charge on any atom is 0.303 e. The molecule has 0 heterocycles. The minimum absolute atomic E-state index is 0.0220. The van der Waals surface area contributed by atoms with Crippen LogP contribution in [-0.2, 0) is 9.59 Å². The molecular formula is C13H26N2O3. The number of hydrogen-bond donors (Lipinski definition) is 2. The van der Waals surface area contributed by atoms with Gasteiger partial charge in [-0.1, -0.05) is 13.8 Å². The Bertz CT molecular complexity index is 277. The lowest BCUT2D eigenvalue weighted by Gasteiger charge is -2.26. The van der Waals surface area contributed by atoms with E-state index in [9.17, 15) is 9.59 Å². The van der Waals surface area contributed by atoms with Crippen molar-refractivity contribution in [2.75, 3.05) is 14.1 Å². The molecule has 0 rings (SSSR count). The third-order valence-electron chi connectivity index (χ3n) is 2.72. The first-order chi connectivity index (χ1) is 8.23. The smallest absolute Gasteiger partial charge is 0.303 e. The SMILES string of the molecule is CC(C)CC(NC(C)CCC(=O)O)C(=O)N(C)C. The third kappa shape index (κ3) is 7.27. The number of carbonyl (C=O) groups excluding carboxylic acids is 1. The van der Waals surface area contributed by atoms with Crippen LogP contribution in [0.2, 0.25) is 0 Å². The van der Waals surface area contributed by atoms with Crippen molar-refractivity contribution in [1.29, 1.82) is 0 Å². The average Bonchev–Trinajstić information content (AvgIpc) is 2.23. The van der Waals surface area contributed by atoms with Gasteiger partial charge in [-0.3, -0.25) is 9.59 Å². The van der Waals surface area contributed by atoms with E-state index >= 15 is 0 Å². The third-order valence-corrected chi connectivity index (χ3v) is 2.72. The molecule has 0 saturated heterocycles. The molecule has 0 aliphatic carbocycles. The number of aliphatic carboxylic acids is 1. The number of amides is 1. The molecule has 0 fully saturated rings. The monoisotopic (exact) mass is 258 g/mol. The van der Waals surface area contributed by atoms with E-state index in [0.717, 1.165) is 6.42 Å². The Morgan fingerprint density at radius 1 is 1.22 bits per heavy atom. The van der Waals surface area contributed by atoms with Crippen molar-refractivity contribution in [3.63, 3.8) is 0 Å². The van der Waals surface area contributed by atoms with Gasteiger partial charge in [-0.2, -0.15) is 0 Å². The van der Waals surface area contributed by atoms with Gasteiger partial charge in [-0.15, -0.1) is 0 Å². The van der Waals surface area contributed by atoms with E-state index in [-0.39, 0.29) is 24.4 Å². The molecule has 0 aliphatic heterocycles. The zero-order valence-corrected chi connectivity index (χ0v) is 12.1. The summed E-state index contributed by atoms with van der Waals surface area (Å²) in [4.78, 5) is 24.1. The zero-order valence-electron chi connectivity index (χ0n) is 12.1. The lowest BCUT2D eigenvalue weighted by Crippen LogP contribution is -2.47. The Kier molecular flexibility index (Phi) is 7.59. The fraction of sp³-hybridized carbons (Fsp3) is 0.846. The van der Waals surface area contributed by atoms with E-state index in [1.54, 1.807) is 19.0 Å². The fourth-order valence-electron chi connectivity index (χ4n) is 1.79. The minimum Gasteiger partial charge on any atom is -0.481 e. The maximum absolute atomic E-state index is 12.0. The van der Waals surface area contributed by atoms with Crippen LogP contribution >= 0.6 is 0 Å². The number of hydrogen-bond acceptors (Lipinski definition) is 3. The first-order valence-corrected chi connectivity index (χ1v) is 6.43. The molecule has 0 aromatic heterocycles. The Labute approximate surface area is 110 Å². The highest BCUT2D eigenvalue weighted by Gasteiger charge is 2.22. The van der Waals surface area contributed by atoms with Gasteiger partial charge < -0.3 is 15.3 Å². The molecule has 0 radical (unpaired) electrons. The molecule has 0 spiro atoms. The molecule has 0 aromatic rings. The lowest BCUT2D eigenvalue weighted by atomic mass is 10.0. The van der Waals surface area contributed by atoms with Gasteiger partial charge in [-0.25, -0.2) is 0 Å². The normalized spacial score (nSPS) is 14.3. The van der Waals surface area contributed by atoms with E-state index in [1.807, 2.05) is 6.92 Å². The van der Waals surface area contributed by atoms with Crippen LogP contribution in [0.3, 0.4) is 0 Å². The standard InChI is InChI=1S/C13H26N2O3/c1-9(2)8-11(13(18)15(4)5)14-10(3)6-7-12(16)17/h9-11,14H,6-8H2,1-5H3,(H,16,17). The largest absolute Gasteiger partial charge is 0.481 e. The Morgan fingerprint density at radius 3 is 2.17 bits per heavy atom. The van der Waals surface area contributed by atoms with Crippen molar-refractivity contribution in [2.45, 2.75) is 52.1 Å². The van der Waals surface area contributed by atoms with E-state index in [0.29, 0.717) is 12.3 Å². The molecule has 0 aromatic carbocycles. The fourth-order valence-corrected chi connectivity index (χ4v) is 1.79. The van der Waals surface area contributed by atoms with E-state index in [4.69, 9.17) is 5.11 Å². The average molecular weight is 258 g/mol. The van der Waals surface area contributed by atoms with Gasteiger partial charge in [-0.05, 0) is 25.7 Å². The summed E-state index contributed by atoms with van der Waals surface area (Å²) < 4.78 is 0. The molecule has 5 nitrogen and oxygen atoms in total. The highest BCUT2D eigenvalue weighted by molar-refractivity contribution is 5.81. The zero-order chi connectivity index (χ0) is 14.3. The minimum atomic E-state index is -0.803. The van der Waals surface area contributed by atoms with E-state index in [2.05, 4.69) is 19.2 Å². The predicted octanol–water partition coefficient (Wildman–Crippen LogP) is 1.33. The van der Waals surface area contributed by atoms with Gasteiger partial charge >= 0.3 is 5.97 Å². The second-order valence-electron chi connectivity index (χ2n) is 5.41. The molecule has 0 aliphatic rings.